The summed E-state index contributed by atoms with van der Waals surface area (Å²) in [5, 5.41) is 5.12. The van der Waals surface area contributed by atoms with Crippen molar-refractivity contribution in [2.24, 2.45) is 0 Å². The van der Waals surface area contributed by atoms with Gasteiger partial charge in [0, 0.05) is 10.0 Å². The normalized spacial score (nSPS) is 10.9. The lowest BCUT2D eigenvalue weighted by atomic mass is 10.0. The minimum atomic E-state index is 0.833. The molecule has 1 heterocycles. The predicted octanol–water partition coefficient (Wildman–Crippen LogP) is 4.57. The van der Waals surface area contributed by atoms with Crippen LogP contribution < -0.4 is 0 Å². The first-order valence-electron chi connectivity index (χ1n) is 5.36. The lowest BCUT2D eigenvalue weighted by Crippen LogP contribution is -1.80. The summed E-state index contributed by atoms with van der Waals surface area (Å²) in [6.45, 7) is 2.07. The molecule has 3 heteroatoms. The number of fused-ring (bicyclic) bond motifs is 1. The third-order valence-corrected chi connectivity index (χ3v) is 3.32. The van der Waals surface area contributed by atoms with Crippen LogP contribution in [0, 0.1) is 6.92 Å². The van der Waals surface area contributed by atoms with E-state index in [-0.39, 0.29) is 0 Å². The van der Waals surface area contributed by atoms with Crippen molar-refractivity contribution in [2.75, 3.05) is 0 Å². The van der Waals surface area contributed by atoms with E-state index in [2.05, 4.69) is 40.1 Å². The van der Waals surface area contributed by atoms with Crippen molar-refractivity contribution in [3.63, 3.8) is 0 Å². The molecule has 0 saturated carbocycles. The van der Waals surface area contributed by atoms with Gasteiger partial charge in [-0.1, -0.05) is 45.4 Å². The Kier molecular flexibility index (Phi) is 2.48. The van der Waals surface area contributed by atoms with Crippen molar-refractivity contribution in [3.05, 3.63) is 52.5 Å². The molecule has 0 aliphatic heterocycles. The lowest BCUT2D eigenvalue weighted by Gasteiger charge is -2.01. The van der Waals surface area contributed by atoms with Gasteiger partial charge in [-0.05, 0) is 30.7 Å². The fourth-order valence-electron chi connectivity index (χ4n) is 1.94. The Morgan fingerprint density at radius 3 is 2.76 bits per heavy atom. The van der Waals surface area contributed by atoms with E-state index in [9.17, 15) is 0 Å². The number of hydrogen-bond acceptors (Lipinski definition) is 2. The van der Waals surface area contributed by atoms with E-state index in [1.54, 1.807) is 0 Å². The molecule has 0 unspecified atom stereocenters. The maximum atomic E-state index is 5.47. The summed E-state index contributed by atoms with van der Waals surface area (Å²) in [6.07, 6.45) is 0. The zero-order valence-corrected chi connectivity index (χ0v) is 10.9. The lowest BCUT2D eigenvalue weighted by molar-refractivity contribution is 0.440. The monoisotopic (exact) mass is 287 g/mol. The number of hydrogen-bond donors (Lipinski definition) is 0. The minimum Gasteiger partial charge on any atom is -0.355 e. The van der Waals surface area contributed by atoms with Crippen LogP contribution in [0.3, 0.4) is 0 Å². The molecule has 0 N–H and O–H groups in total. The molecule has 0 fully saturated rings. The van der Waals surface area contributed by atoms with Crippen molar-refractivity contribution >= 4 is 26.8 Å². The summed E-state index contributed by atoms with van der Waals surface area (Å²) in [4.78, 5) is 0. The quantitative estimate of drug-likeness (QED) is 0.655. The number of nitrogens with zero attached hydrogens (tertiary/aromatic N) is 1. The van der Waals surface area contributed by atoms with Crippen LogP contribution in [-0.2, 0) is 0 Å². The van der Waals surface area contributed by atoms with E-state index in [0.717, 1.165) is 26.7 Å². The fourth-order valence-corrected chi connectivity index (χ4v) is 2.30. The van der Waals surface area contributed by atoms with Crippen LogP contribution in [0.15, 0.2) is 51.5 Å². The summed E-state index contributed by atoms with van der Waals surface area (Å²) in [6, 6.07) is 14.1. The highest BCUT2D eigenvalue weighted by Crippen LogP contribution is 2.32. The van der Waals surface area contributed by atoms with Crippen LogP contribution in [0.1, 0.15) is 5.56 Å². The van der Waals surface area contributed by atoms with Crippen LogP contribution in [-0.4, -0.2) is 5.16 Å². The summed E-state index contributed by atoms with van der Waals surface area (Å²) in [5.41, 5.74) is 3.16. The van der Waals surface area contributed by atoms with Crippen LogP contribution >= 0.6 is 15.9 Å². The Morgan fingerprint density at radius 1 is 1.12 bits per heavy atom. The number of benzene rings is 2. The molecule has 2 nitrogen and oxygen atoms in total. The molecule has 3 rings (SSSR count). The standard InChI is InChI=1S/C14H10BrNO/c1-9-4-2-3-5-11(9)14-12-8-10(15)6-7-13(12)16-17-14/h2-8H,1H3. The summed E-state index contributed by atoms with van der Waals surface area (Å²) in [7, 11) is 0. The van der Waals surface area contributed by atoms with Crippen LogP contribution in [0.25, 0.3) is 22.2 Å². The number of aromatic nitrogens is 1. The van der Waals surface area contributed by atoms with Crippen LogP contribution in [0.4, 0.5) is 0 Å². The molecule has 17 heavy (non-hydrogen) atoms. The largest absolute Gasteiger partial charge is 0.355 e. The highest BCUT2D eigenvalue weighted by Gasteiger charge is 2.12. The highest BCUT2D eigenvalue weighted by atomic mass is 79.9. The fraction of sp³-hybridized carbons (Fsp3) is 0.0714. The molecule has 1 aromatic heterocycles. The maximum absolute atomic E-state index is 5.47. The van der Waals surface area contributed by atoms with Gasteiger partial charge in [-0.15, -0.1) is 0 Å². The van der Waals surface area contributed by atoms with Gasteiger partial charge in [0.1, 0.15) is 5.52 Å². The van der Waals surface area contributed by atoms with Crippen molar-refractivity contribution in [2.45, 2.75) is 6.92 Å². The van der Waals surface area contributed by atoms with Crippen molar-refractivity contribution in [1.29, 1.82) is 0 Å². The van der Waals surface area contributed by atoms with Crippen molar-refractivity contribution in [3.8, 4) is 11.3 Å². The molecule has 0 bridgehead atoms. The van der Waals surface area contributed by atoms with E-state index >= 15 is 0 Å². The Bertz CT molecular complexity index is 688. The second kappa shape index (κ2) is 4.00. The second-order valence-electron chi connectivity index (χ2n) is 3.99. The van der Waals surface area contributed by atoms with Gasteiger partial charge in [0.15, 0.2) is 5.76 Å². The minimum absolute atomic E-state index is 0.833. The molecule has 0 radical (unpaired) electrons. The topological polar surface area (TPSA) is 26.0 Å². The van der Waals surface area contributed by atoms with E-state index in [0.29, 0.717) is 0 Å². The summed E-state index contributed by atoms with van der Waals surface area (Å²) < 4.78 is 6.50. The summed E-state index contributed by atoms with van der Waals surface area (Å²) in [5.74, 6) is 0.833. The van der Waals surface area contributed by atoms with E-state index in [1.807, 2.05) is 30.3 Å². The second-order valence-corrected chi connectivity index (χ2v) is 4.90. The Balaban J connectivity index is 2.31. The molecule has 0 saturated heterocycles. The molecule has 0 atom stereocenters. The first-order valence-corrected chi connectivity index (χ1v) is 6.16. The van der Waals surface area contributed by atoms with E-state index in [4.69, 9.17) is 4.52 Å². The smallest absolute Gasteiger partial charge is 0.174 e. The van der Waals surface area contributed by atoms with Crippen LogP contribution in [0.2, 0.25) is 0 Å². The van der Waals surface area contributed by atoms with Gasteiger partial charge in [-0.25, -0.2) is 0 Å². The first kappa shape index (κ1) is 10.5. The first-order chi connectivity index (χ1) is 8.25. The number of aryl methyl sites for hydroxylation is 1. The average Bonchev–Trinajstić information content (AvgIpc) is 2.72. The van der Waals surface area contributed by atoms with Gasteiger partial charge in [0.25, 0.3) is 0 Å². The SMILES string of the molecule is Cc1ccccc1-c1onc2ccc(Br)cc12. The molecule has 3 aromatic rings. The predicted molar refractivity (Wildman–Crippen MR) is 71.9 cm³/mol. The number of halogens is 1. The number of rotatable bonds is 1. The molecule has 0 aliphatic carbocycles. The van der Waals surface area contributed by atoms with Gasteiger partial charge in [-0.2, -0.15) is 0 Å². The van der Waals surface area contributed by atoms with E-state index in [1.165, 1.54) is 5.56 Å². The molecule has 0 aliphatic rings. The molecular formula is C14H10BrNO. The molecular weight excluding hydrogens is 278 g/mol. The van der Waals surface area contributed by atoms with Gasteiger partial charge in [0.05, 0.1) is 5.39 Å². The van der Waals surface area contributed by atoms with Crippen molar-refractivity contribution in [1.82, 2.24) is 5.16 Å². The average molecular weight is 288 g/mol. The van der Waals surface area contributed by atoms with Crippen molar-refractivity contribution < 1.29 is 4.52 Å². The van der Waals surface area contributed by atoms with Gasteiger partial charge < -0.3 is 4.52 Å². The zero-order chi connectivity index (χ0) is 11.8. The zero-order valence-electron chi connectivity index (χ0n) is 9.27. The molecule has 0 amide bonds. The maximum Gasteiger partial charge on any atom is 0.174 e. The Labute approximate surface area is 107 Å². The van der Waals surface area contributed by atoms with Gasteiger partial charge in [-0.3, -0.25) is 0 Å². The van der Waals surface area contributed by atoms with Gasteiger partial charge in [0.2, 0.25) is 0 Å². The molecule has 2 aromatic carbocycles. The third kappa shape index (κ3) is 1.76. The molecule has 0 spiro atoms. The Morgan fingerprint density at radius 2 is 1.94 bits per heavy atom. The Hall–Kier alpha value is -1.61. The highest BCUT2D eigenvalue weighted by molar-refractivity contribution is 9.10. The third-order valence-electron chi connectivity index (χ3n) is 2.83. The van der Waals surface area contributed by atoms with Gasteiger partial charge >= 0.3 is 0 Å². The van der Waals surface area contributed by atoms with E-state index < -0.39 is 0 Å². The summed E-state index contributed by atoms with van der Waals surface area (Å²) >= 11 is 3.47. The van der Waals surface area contributed by atoms with Crippen LogP contribution in [0.5, 0.6) is 0 Å². The molecule has 84 valence electrons.